The first-order valence-corrected chi connectivity index (χ1v) is 8.64. The standard InChI is InChI=1S/C19H18BrN3O4/c1-3-9-27-17-8-7-14(20)10-13(17)12-21-23-19(25)18(24)22-15-5-4-6-16(11-15)26-2/h3-8,10-12H,1,9H2,2H3,(H,22,24)(H,23,25)/b21-12-. The Morgan fingerprint density at radius 1 is 1.22 bits per heavy atom. The molecule has 0 aliphatic rings. The number of anilines is 1. The van der Waals surface area contributed by atoms with E-state index in [1.807, 2.05) is 6.07 Å². The first-order valence-electron chi connectivity index (χ1n) is 7.85. The molecule has 140 valence electrons. The number of hydrazone groups is 1. The Kier molecular flexibility index (Phi) is 7.57. The van der Waals surface area contributed by atoms with Gasteiger partial charge in [-0.15, -0.1) is 0 Å². The molecule has 8 heteroatoms. The van der Waals surface area contributed by atoms with Crippen LogP contribution in [0.15, 0.2) is 64.7 Å². The molecule has 0 atom stereocenters. The summed E-state index contributed by atoms with van der Waals surface area (Å²) in [6.45, 7) is 3.93. The van der Waals surface area contributed by atoms with Crippen LogP contribution in [0, 0.1) is 0 Å². The van der Waals surface area contributed by atoms with Crippen molar-refractivity contribution >= 4 is 39.6 Å². The van der Waals surface area contributed by atoms with E-state index in [4.69, 9.17) is 9.47 Å². The van der Waals surface area contributed by atoms with Gasteiger partial charge in [0.1, 0.15) is 18.1 Å². The summed E-state index contributed by atoms with van der Waals surface area (Å²) in [6.07, 6.45) is 3.01. The maximum absolute atomic E-state index is 11.9. The molecule has 0 saturated heterocycles. The zero-order valence-corrected chi connectivity index (χ0v) is 16.2. The van der Waals surface area contributed by atoms with E-state index in [9.17, 15) is 9.59 Å². The Balaban J connectivity index is 1.98. The van der Waals surface area contributed by atoms with E-state index in [1.165, 1.54) is 13.3 Å². The second kappa shape index (κ2) is 10.1. The van der Waals surface area contributed by atoms with E-state index in [2.05, 4.69) is 38.4 Å². The summed E-state index contributed by atoms with van der Waals surface area (Å²) in [7, 11) is 1.51. The van der Waals surface area contributed by atoms with Gasteiger partial charge in [-0.25, -0.2) is 5.43 Å². The SMILES string of the molecule is C=CCOc1ccc(Br)cc1/C=N\NC(=O)C(=O)Nc1cccc(OC)c1. The van der Waals surface area contributed by atoms with Gasteiger partial charge in [0.15, 0.2) is 0 Å². The minimum absolute atomic E-state index is 0.331. The summed E-state index contributed by atoms with van der Waals surface area (Å²) in [5.41, 5.74) is 3.24. The van der Waals surface area contributed by atoms with Crippen LogP contribution < -0.4 is 20.2 Å². The Morgan fingerprint density at radius 2 is 2.04 bits per heavy atom. The Morgan fingerprint density at radius 3 is 2.78 bits per heavy atom. The maximum Gasteiger partial charge on any atom is 0.329 e. The number of halogens is 1. The van der Waals surface area contributed by atoms with Gasteiger partial charge in [0.2, 0.25) is 0 Å². The zero-order chi connectivity index (χ0) is 19.6. The highest BCUT2D eigenvalue weighted by molar-refractivity contribution is 9.10. The number of carbonyl (C=O) groups is 2. The van der Waals surface area contributed by atoms with Gasteiger partial charge in [-0.3, -0.25) is 9.59 Å². The number of hydrogen-bond acceptors (Lipinski definition) is 5. The lowest BCUT2D eigenvalue weighted by Crippen LogP contribution is -2.32. The van der Waals surface area contributed by atoms with Crippen LogP contribution in [-0.2, 0) is 9.59 Å². The van der Waals surface area contributed by atoms with Crippen molar-refractivity contribution in [2.75, 3.05) is 19.0 Å². The highest BCUT2D eigenvalue weighted by Gasteiger charge is 2.13. The topological polar surface area (TPSA) is 89.0 Å². The molecule has 0 radical (unpaired) electrons. The summed E-state index contributed by atoms with van der Waals surface area (Å²) in [5, 5.41) is 6.28. The van der Waals surface area contributed by atoms with E-state index in [0.717, 1.165) is 4.47 Å². The van der Waals surface area contributed by atoms with Crippen LogP contribution in [-0.4, -0.2) is 31.7 Å². The van der Waals surface area contributed by atoms with Crippen molar-refractivity contribution in [3.8, 4) is 11.5 Å². The summed E-state index contributed by atoms with van der Waals surface area (Å²) in [6, 6.07) is 12.0. The molecule has 2 N–H and O–H groups in total. The van der Waals surface area contributed by atoms with Crippen molar-refractivity contribution in [3.05, 3.63) is 65.2 Å². The first kappa shape index (κ1) is 20.2. The van der Waals surface area contributed by atoms with E-state index >= 15 is 0 Å². The smallest absolute Gasteiger partial charge is 0.329 e. The van der Waals surface area contributed by atoms with Gasteiger partial charge in [-0.2, -0.15) is 5.10 Å². The monoisotopic (exact) mass is 431 g/mol. The average Bonchev–Trinajstić information content (AvgIpc) is 2.67. The fourth-order valence-electron chi connectivity index (χ4n) is 2.00. The lowest BCUT2D eigenvalue weighted by molar-refractivity contribution is -0.136. The molecule has 27 heavy (non-hydrogen) atoms. The van der Waals surface area contributed by atoms with Gasteiger partial charge in [-0.05, 0) is 30.3 Å². The van der Waals surface area contributed by atoms with Crippen LogP contribution in [0.4, 0.5) is 5.69 Å². The van der Waals surface area contributed by atoms with Crippen molar-refractivity contribution in [2.45, 2.75) is 0 Å². The van der Waals surface area contributed by atoms with Crippen molar-refractivity contribution in [1.82, 2.24) is 5.43 Å². The molecule has 0 unspecified atom stereocenters. The van der Waals surface area contributed by atoms with Crippen LogP contribution in [0.2, 0.25) is 0 Å². The molecular formula is C19H18BrN3O4. The van der Waals surface area contributed by atoms with Crippen molar-refractivity contribution in [2.24, 2.45) is 5.10 Å². The largest absolute Gasteiger partial charge is 0.497 e. The number of methoxy groups -OCH3 is 1. The second-order valence-electron chi connectivity index (χ2n) is 5.17. The number of nitrogens with one attached hydrogen (secondary N) is 2. The summed E-state index contributed by atoms with van der Waals surface area (Å²) in [4.78, 5) is 23.8. The van der Waals surface area contributed by atoms with Gasteiger partial charge in [-0.1, -0.05) is 34.7 Å². The normalized spacial score (nSPS) is 10.3. The summed E-state index contributed by atoms with van der Waals surface area (Å²) in [5.74, 6) is -0.625. The van der Waals surface area contributed by atoms with Crippen LogP contribution in [0.3, 0.4) is 0 Å². The van der Waals surface area contributed by atoms with Crippen molar-refractivity contribution in [3.63, 3.8) is 0 Å². The number of hydrogen-bond donors (Lipinski definition) is 2. The van der Waals surface area contributed by atoms with Gasteiger partial charge in [0.25, 0.3) is 0 Å². The molecular weight excluding hydrogens is 414 g/mol. The number of nitrogens with zero attached hydrogens (tertiary/aromatic N) is 1. The summed E-state index contributed by atoms with van der Waals surface area (Å²) < 4.78 is 11.4. The molecule has 0 spiro atoms. The van der Waals surface area contributed by atoms with Gasteiger partial charge >= 0.3 is 11.8 Å². The van der Waals surface area contributed by atoms with E-state index in [1.54, 1.807) is 42.5 Å². The molecule has 0 heterocycles. The molecule has 0 aliphatic heterocycles. The van der Waals surface area contributed by atoms with Crippen molar-refractivity contribution in [1.29, 1.82) is 0 Å². The molecule has 7 nitrogen and oxygen atoms in total. The van der Waals surface area contributed by atoms with Crippen LogP contribution in [0.5, 0.6) is 11.5 Å². The van der Waals surface area contributed by atoms with Crippen LogP contribution in [0.1, 0.15) is 5.56 Å². The Labute approximate surface area is 165 Å². The third-order valence-electron chi connectivity index (χ3n) is 3.23. The van der Waals surface area contributed by atoms with E-state index < -0.39 is 11.8 Å². The van der Waals surface area contributed by atoms with Crippen molar-refractivity contribution < 1.29 is 19.1 Å². The Hall–Kier alpha value is -3.13. The third-order valence-corrected chi connectivity index (χ3v) is 3.73. The number of ether oxygens (including phenoxy) is 2. The predicted octanol–water partition coefficient (Wildman–Crippen LogP) is 3.11. The third kappa shape index (κ3) is 6.27. The molecule has 0 aliphatic carbocycles. The Bertz CT molecular complexity index is 868. The molecule has 2 aromatic rings. The number of amides is 2. The molecule has 0 aromatic heterocycles. The van der Waals surface area contributed by atoms with Gasteiger partial charge in [0, 0.05) is 21.8 Å². The quantitative estimate of drug-likeness (QED) is 0.305. The molecule has 0 bridgehead atoms. The molecule has 0 saturated carbocycles. The molecule has 2 rings (SSSR count). The van der Waals surface area contributed by atoms with E-state index in [0.29, 0.717) is 29.4 Å². The average molecular weight is 432 g/mol. The first-order chi connectivity index (χ1) is 13.0. The van der Waals surface area contributed by atoms with Gasteiger partial charge < -0.3 is 14.8 Å². The fraction of sp³-hybridized carbons (Fsp3) is 0.105. The molecule has 2 amide bonds. The number of rotatable bonds is 7. The fourth-order valence-corrected chi connectivity index (χ4v) is 2.38. The minimum atomic E-state index is -0.905. The number of carbonyl (C=O) groups excluding carboxylic acids is 2. The van der Waals surface area contributed by atoms with Crippen LogP contribution in [0.25, 0.3) is 0 Å². The second-order valence-corrected chi connectivity index (χ2v) is 6.08. The minimum Gasteiger partial charge on any atom is -0.497 e. The van der Waals surface area contributed by atoms with Crippen LogP contribution >= 0.6 is 15.9 Å². The van der Waals surface area contributed by atoms with E-state index in [-0.39, 0.29) is 0 Å². The van der Waals surface area contributed by atoms with Gasteiger partial charge in [0.05, 0.1) is 13.3 Å². The predicted molar refractivity (Wildman–Crippen MR) is 107 cm³/mol. The lowest BCUT2D eigenvalue weighted by atomic mass is 10.2. The maximum atomic E-state index is 11.9. The highest BCUT2D eigenvalue weighted by atomic mass is 79.9. The molecule has 2 aromatic carbocycles. The lowest BCUT2D eigenvalue weighted by Gasteiger charge is -2.07. The zero-order valence-electron chi connectivity index (χ0n) is 14.6. The number of benzene rings is 2. The summed E-state index contributed by atoms with van der Waals surface area (Å²) >= 11 is 3.36. The highest BCUT2D eigenvalue weighted by Crippen LogP contribution is 2.21. The molecule has 0 fully saturated rings.